The van der Waals surface area contributed by atoms with Crippen molar-refractivity contribution in [2.24, 2.45) is 5.10 Å². The molecule has 188 valence electrons. The first-order chi connectivity index (χ1) is 16.2. The maximum absolute atomic E-state index is 14.1. The number of carbonyl (C=O) groups excluding carboxylic acids is 1. The summed E-state index contributed by atoms with van der Waals surface area (Å²) in [4.78, 5) is 16.4. The summed E-state index contributed by atoms with van der Waals surface area (Å²) < 4.78 is 78.6. The highest BCUT2D eigenvalue weighted by atomic mass is 35.5. The molecule has 2 amide bonds. The molecule has 6 nitrogen and oxygen atoms in total. The Hall–Kier alpha value is -2.96. The lowest BCUT2D eigenvalue weighted by molar-refractivity contribution is -0.269. The molecule has 0 fully saturated rings. The lowest BCUT2D eigenvalue weighted by atomic mass is 9.91. The van der Waals surface area contributed by atoms with Gasteiger partial charge in [-0.1, -0.05) is 35.3 Å². The van der Waals surface area contributed by atoms with Gasteiger partial charge in [-0.15, -0.1) is 0 Å². The highest BCUT2D eigenvalue weighted by Gasteiger charge is 2.59. The summed E-state index contributed by atoms with van der Waals surface area (Å²) in [5.41, 5.74) is 2.38. The SMILES string of the molecule is Cc1cc(C2=CC(c3cc(Cl)cc(Cl)c3)(C(F)(F)F)ON2)ccc1C=NNC(=O)NCC(F)(F)F. The average Bonchev–Trinajstić information content (AvgIpc) is 3.19. The quantitative estimate of drug-likeness (QED) is 0.254. The van der Waals surface area contributed by atoms with Gasteiger partial charge < -0.3 is 5.32 Å². The van der Waals surface area contributed by atoms with E-state index in [4.69, 9.17) is 28.0 Å². The van der Waals surface area contributed by atoms with Crippen molar-refractivity contribution in [2.45, 2.75) is 24.9 Å². The van der Waals surface area contributed by atoms with E-state index >= 15 is 0 Å². The van der Waals surface area contributed by atoms with Crippen LogP contribution in [0, 0.1) is 6.92 Å². The fourth-order valence-electron chi connectivity index (χ4n) is 3.12. The van der Waals surface area contributed by atoms with Crippen LogP contribution in [-0.4, -0.2) is 31.1 Å². The van der Waals surface area contributed by atoms with Crippen molar-refractivity contribution in [3.8, 4) is 0 Å². The molecule has 2 aromatic rings. The van der Waals surface area contributed by atoms with Crippen LogP contribution in [0.15, 0.2) is 47.6 Å². The van der Waals surface area contributed by atoms with E-state index in [0.717, 1.165) is 18.2 Å². The van der Waals surface area contributed by atoms with Crippen molar-refractivity contribution in [3.63, 3.8) is 0 Å². The Morgan fingerprint density at radius 2 is 1.77 bits per heavy atom. The van der Waals surface area contributed by atoms with Crippen molar-refractivity contribution in [3.05, 3.63) is 74.8 Å². The molecular weight excluding hydrogens is 525 g/mol. The van der Waals surface area contributed by atoms with Crippen LogP contribution in [0.5, 0.6) is 0 Å². The van der Waals surface area contributed by atoms with Gasteiger partial charge in [-0.25, -0.2) is 10.2 Å². The first-order valence-electron chi connectivity index (χ1n) is 9.65. The fourth-order valence-corrected chi connectivity index (χ4v) is 3.65. The first-order valence-corrected chi connectivity index (χ1v) is 10.4. The van der Waals surface area contributed by atoms with Gasteiger partial charge in [0.25, 0.3) is 0 Å². The summed E-state index contributed by atoms with van der Waals surface area (Å²) in [6.45, 7) is 0.103. The second kappa shape index (κ2) is 9.96. The highest BCUT2D eigenvalue weighted by molar-refractivity contribution is 6.34. The van der Waals surface area contributed by atoms with Gasteiger partial charge >= 0.3 is 18.4 Å². The van der Waals surface area contributed by atoms with Crippen LogP contribution < -0.4 is 16.2 Å². The Morgan fingerprint density at radius 1 is 1.11 bits per heavy atom. The van der Waals surface area contributed by atoms with Crippen molar-refractivity contribution in [1.82, 2.24) is 16.2 Å². The third-order valence-corrected chi connectivity index (χ3v) is 5.22. The number of carbonyl (C=O) groups is 1. The molecule has 0 bridgehead atoms. The van der Waals surface area contributed by atoms with Gasteiger partial charge in [-0.3, -0.25) is 10.3 Å². The van der Waals surface area contributed by atoms with Gasteiger partial charge in [0.1, 0.15) is 6.54 Å². The third kappa shape index (κ3) is 6.38. The summed E-state index contributed by atoms with van der Waals surface area (Å²) >= 11 is 11.8. The maximum Gasteiger partial charge on any atom is 0.428 e. The number of nitrogens with zero attached hydrogens (tertiary/aromatic N) is 1. The number of urea groups is 1. The molecule has 1 unspecified atom stereocenters. The minimum absolute atomic E-state index is 0.00163. The number of alkyl halides is 6. The molecule has 0 saturated heterocycles. The van der Waals surface area contributed by atoms with E-state index in [1.54, 1.807) is 12.2 Å². The molecule has 0 spiro atoms. The summed E-state index contributed by atoms with van der Waals surface area (Å²) in [5.74, 6) is 0. The molecular formula is C21H16Cl2F6N4O2. The molecule has 3 N–H and O–H groups in total. The molecule has 3 rings (SSSR count). The Kier molecular flexibility index (Phi) is 7.58. The van der Waals surface area contributed by atoms with Crippen LogP contribution >= 0.6 is 23.2 Å². The van der Waals surface area contributed by atoms with Gasteiger partial charge in [-0.05, 0) is 54.0 Å². The van der Waals surface area contributed by atoms with Gasteiger partial charge in [0.15, 0.2) is 0 Å². The number of hydrogen-bond donors (Lipinski definition) is 3. The number of benzene rings is 2. The monoisotopic (exact) mass is 540 g/mol. The second-order valence-electron chi connectivity index (χ2n) is 7.39. The van der Waals surface area contributed by atoms with E-state index in [1.165, 1.54) is 30.5 Å². The molecule has 0 radical (unpaired) electrons. The summed E-state index contributed by atoms with van der Waals surface area (Å²) in [6, 6.07) is 6.84. The molecule has 1 aliphatic heterocycles. The Morgan fingerprint density at radius 3 is 2.34 bits per heavy atom. The van der Waals surface area contributed by atoms with E-state index in [1.807, 2.05) is 5.43 Å². The standard InChI is InChI=1S/C21H16Cl2F6N4O2/c1-11-4-12(2-3-13(11)9-31-32-18(34)30-10-20(24,25)26)17-8-19(35-33-17,21(27,28)29)14-5-15(22)7-16(23)6-14/h2-9,33H,10H2,1H3,(H2,30,32,34). The minimum Gasteiger partial charge on any atom is -0.328 e. The van der Waals surface area contributed by atoms with Crippen molar-refractivity contribution in [2.75, 3.05) is 6.54 Å². The smallest absolute Gasteiger partial charge is 0.328 e. The number of amides is 2. The number of rotatable bonds is 5. The summed E-state index contributed by atoms with van der Waals surface area (Å²) in [6.07, 6.45) is -7.39. The minimum atomic E-state index is -4.87. The lowest BCUT2D eigenvalue weighted by Crippen LogP contribution is -2.42. The zero-order valence-corrected chi connectivity index (χ0v) is 19.1. The zero-order chi connectivity index (χ0) is 26.0. The van der Waals surface area contributed by atoms with Gasteiger partial charge in [0.05, 0.1) is 11.9 Å². The van der Waals surface area contributed by atoms with E-state index in [-0.39, 0.29) is 21.3 Å². The van der Waals surface area contributed by atoms with Crippen LogP contribution in [0.25, 0.3) is 5.70 Å². The van der Waals surface area contributed by atoms with E-state index in [0.29, 0.717) is 16.7 Å². The Balaban J connectivity index is 1.82. The second-order valence-corrected chi connectivity index (χ2v) is 8.27. The highest BCUT2D eigenvalue weighted by Crippen LogP contribution is 2.48. The number of hydrazone groups is 1. The van der Waals surface area contributed by atoms with E-state index in [9.17, 15) is 31.1 Å². The molecule has 2 aromatic carbocycles. The summed E-state index contributed by atoms with van der Waals surface area (Å²) in [5, 5.41) is 5.14. The topological polar surface area (TPSA) is 74.8 Å². The van der Waals surface area contributed by atoms with Gasteiger partial charge in [0.2, 0.25) is 5.60 Å². The van der Waals surface area contributed by atoms with Crippen LogP contribution in [0.2, 0.25) is 10.0 Å². The van der Waals surface area contributed by atoms with E-state index < -0.39 is 30.5 Å². The maximum atomic E-state index is 14.1. The molecule has 0 aromatic heterocycles. The van der Waals surface area contributed by atoms with E-state index in [2.05, 4.69) is 10.6 Å². The molecule has 1 atom stereocenters. The Bertz CT molecular complexity index is 1160. The largest absolute Gasteiger partial charge is 0.428 e. The molecule has 0 saturated carbocycles. The normalized spacial score (nSPS) is 18.4. The van der Waals surface area contributed by atoms with Crippen LogP contribution in [0.1, 0.15) is 22.3 Å². The third-order valence-electron chi connectivity index (χ3n) is 4.78. The number of aryl methyl sites for hydroxylation is 1. The number of hydrogen-bond acceptors (Lipinski definition) is 4. The molecule has 0 aliphatic carbocycles. The van der Waals surface area contributed by atoms with Gasteiger partial charge in [0, 0.05) is 15.6 Å². The zero-order valence-electron chi connectivity index (χ0n) is 17.6. The van der Waals surface area contributed by atoms with Crippen molar-refractivity contribution >= 4 is 41.1 Å². The molecule has 1 heterocycles. The number of nitrogens with one attached hydrogen (secondary N) is 3. The number of halogens is 8. The number of hydroxylamine groups is 1. The van der Waals surface area contributed by atoms with Crippen molar-refractivity contribution < 1.29 is 36.0 Å². The summed E-state index contributed by atoms with van der Waals surface area (Å²) in [7, 11) is 0. The fraction of sp³-hybridized carbons (Fsp3) is 0.238. The average molecular weight is 541 g/mol. The molecule has 14 heteroatoms. The van der Waals surface area contributed by atoms with Crippen LogP contribution in [0.4, 0.5) is 31.1 Å². The van der Waals surface area contributed by atoms with Crippen LogP contribution in [0.3, 0.4) is 0 Å². The predicted molar refractivity (Wildman–Crippen MR) is 118 cm³/mol. The molecule has 35 heavy (non-hydrogen) atoms. The first kappa shape index (κ1) is 26.6. The lowest BCUT2D eigenvalue weighted by Gasteiger charge is -2.28. The van der Waals surface area contributed by atoms with Crippen molar-refractivity contribution in [1.29, 1.82) is 0 Å². The van der Waals surface area contributed by atoms with Crippen LogP contribution in [-0.2, 0) is 10.4 Å². The predicted octanol–water partition coefficient (Wildman–Crippen LogP) is 5.83. The van der Waals surface area contributed by atoms with Gasteiger partial charge in [-0.2, -0.15) is 31.4 Å². The molecule has 1 aliphatic rings. The Labute approximate surface area is 204 Å².